The highest BCUT2D eigenvalue weighted by atomic mass is 16.1. The molecule has 0 saturated heterocycles. The first-order valence-electron chi connectivity index (χ1n) is 7.72. The highest BCUT2D eigenvalue weighted by molar-refractivity contribution is 6.02. The topological polar surface area (TPSA) is 20.3 Å². The van der Waals surface area contributed by atoms with Gasteiger partial charge in [-0.15, -0.1) is 0 Å². The van der Waals surface area contributed by atoms with Crippen LogP contribution in [0.4, 0.5) is 5.69 Å². The molecule has 1 aliphatic heterocycles. The van der Waals surface area contributed by atoms with E-state index in [1.165, 1.54) is 31.4 Å². The summed E-state index contributed by atoms with van der Waals surface area (Å²) in [5, 5.41) is 0. The van der Waals surface area contributed by atoms with Gasteiger partial charge in [0, 0.05) is 30.3 Å². The Morgan fingerprint density at radius 1 is 1.11 bits per heavy atom. The monoisotopic (exact) mass is 255 g/mol. The lowest BCUT2D eigenvalue weighted by molar-refractivity contribution is 0.0984. The number of hydrogen-bond donors (Lipinski definition) is 0. The summed E-state index contributed by atoms with van der Waals surface area (Å²) in [6.07, 6.45) is 7.36. The standard InChI is InChI=1S/C17H21NO/c19-17-6-3-9-18(15-5-2-1-4-14(15)17)16-11-12-7-8-13(16)10-12/h1-2,4-5,12-13,16H,3,6-11H2. The van der Waals surface area contributed by atoms with Crippen LogP contribution in [-0.4, -0.2) is 18.4 Å². The lowest BCUT2D eigenvalue weighted by Crippen LogP contribution is -2.39. The van der Waals surface area contributed by atoms with E-state index < -0.39 is 0 Å². The molecule has 1 heterocycles. The molecule has 2 nitrogen and oxygen atoms in total. The van der Waals surface area contributed by atoms with Crippen molar-refractivity contribution in [2.45, 2.75) is 44.6 Å². The second kappa shape index (κ2) is 4.36. The van der Waals surface area contributed by atoms with E-state index >= 15 is 0 Å². The van der Waals surface area contributed by atoms with Crippen molar-refractivity contribution >= 4 is 11.5 Å². The fourth-order valence-corrected chi connectivity index (χ4v) is 4.56. The van der Waals surface area contributed by atoms with Gasteiger partial charge in [-0.25, -0.2) is 0 Å². The molecule has 100 valence electrons. The Bertz CT molecular complexity index is 510. The maximum atomic E-state index is 12.2. The van der Waals surface area contributed by atoms with Crippen molar-refractivity contribution in [3.63, 3.8) is 0 Å². The lowest BCUT2D eigenvalue weighted by atomic mass is 9.93. The zero-order valence-electron chi connectivity index (χ0n) is 11.3. The number of ketones is 1. The number of Topliss-reactive ketones (excluding diaryl/α,β-unsaturated/α-hetero) is 1. The van der Waals surface area contributed by atoms with Crippen LogP contribution in [0.2, 0.25) is 0 Å². The van der Waals surface area contributed by atoms with Gasteiger partial charge in [-0.05, 0) is 49.7 Å². The Kier molecular flexibility index (Phi) is 2.64. The Balaban J connectivity index is 1.72. The maximum Gasteiger partial charge on any atom is 0.165 e. The number of nitrogens with zero attached hydrogens (tertiary/aromatic N) is 1. The average molecular weight is 255 g/mol. The molecule has 1 aromatic carbocycles. The number of hydrogen-bond acceptors (Lipinski definition) is 2. The van der Waals surface area contributed by atoms with Gasteiger partial charge in [0.05, 0.1) is 0 Å². The van der Waals surface area contributed by atoms with Crippen LogP contribution in [0.3, 0.4) is 0 Å². The van der Waals surface area contributed by atoms with Crippen LogP contribution in [0.25, 0.3) is 0 Å². The lowest BCUT2D eigenvalue weighted by Gasteiger charge is -2.36. The zero-order chi connectivity index (χ0) is 12.8. The fourth-order valence-electron chi connectivity index (χ4n) is 4.56. The third-order valence-electron chi connectivity index (χ3n) is 5.42. The molecule has 2 heteroatoms. The molecule has 19 heavy (non-hydrogen) atoms. The van der Waals surface area contributed by atoms with E-state index in [-0.39, 0.29) is 0 Å². The molecule has 0 amide bonds. The number of benzene rings is 1. The highest BCUT2D eigenvalue weighted by Gasteiger charge is 2.43. The predicted molar refractivity (Wildman–Crippen MR) is 76.6 cm³/mol. The number of carbonyl (C=O) groups is 1. The molecule has 1 aromatic rings. The first kappa shape index (κ1) is 11.5. The molecule has 0 spiro atoms. The molecule has 2 aliphatic carbocycles. The first-order valence-corrected chi connectivity index (χ1v) is 7.72. The molecule has 2 bridgehead atoms. The molecule has 2 fully saturated rings. The van der Waals surface area contributed by atoms with Crippen LogP contribution in [-0.2, 0) is 0 Å². The summed E-state index contributed by atoms with van der Waals surface area (Å²) in [7, 11) is 0. The second-order valence-electron chi connectivity index (χ2n) is 6.48. The molecule has 3 atom stereocenters. The van der Waals surface area contributed by atoms with E-state index in [1.54, 1.807) is 0 Å². The summed E-state index contributed by atoms with van der Waals surface area (Å²) in [6, 6.07) is 8.96. The SMILES string of the molecule is O=C1CCCN(C2CC3CCC2C3)c2ccccc21. The molecule has 0 aromatic heterocycles. The number of rotatable bonds is 1. The Labute approximate surface area is 114 Å². The number of para-hydroxylation sites is 1. The smallest absolute Gasteiger partial charge is 0.165 e. The van der Waals surface area contributed by atoms with E-state index in [9.17, 15) is 4.79 Å². The summed E-state index contributed by atoms with van der Waals surface area (Å²) in [5.41, 5.74) is 2.17. The van der Waals surface area contributed by atoms with E-state index in [0.717, 1.165) is 30.4 Å². The molecule has 2 saturated carbocycles. The summed E-state index contributed by atoms with van der Waals surface area (Å²) >= 11 is 0. The summed E-state index contributed by atoms with van der Waals surface area (Å²) < 4.78 is 0. The Morgan fingerprint density at radius 2 is 2.00 bits per heavy atom. The maximum absolute atomic E-state index is 12.2. The summed E-state index contributed by atoms with van der Waals surface area (Å²) in [5.74, 6) is 2.17. The second-order valence-corrected chi connectivity index (χ2v) is 6.48. The van der Waals surface area contributed by atoms with Crippen molar-refractivity contribution in [3.8, 4) is 0 Å². The van der Waals surface area contributed by atoms with Crippen LogP contribution < -0.4 is 4.90 Å². The van der Waals surface area contributed by atoms with E-state index in [2.05, 4.69) is 17.0 Å². The molecular formula is C17H21NO. The Hall–Kier alpha value is -1.31. The van der Waals surface area contributed by atoms with Crippen molar-refractivity contribution in [2.75, 3.05) is 11.4 Å². The van der Waals surface area contributed by atoms with Crippen molar-refractivity contribution in [1.82, 2.24) is 0 Å². The van der Waals surface area contributed by atoms with E-state index in [0.29, 0.717) is 18.2 Å². The van der Waals surface area contributed by atoms with Crippen molar-refractivity contribution < 1.29 is 4.79 Å². The van der Waals surface area contributed by atoms with E-state index in [4.69, 9.17) is 0 Å². The third-order valence-corrected chi connectivity index (χ3v) is 5.42. The fraction of sp³-hybridized carbons (Fsp3) is 0.588. The molecule has 3 unspecified atom stereocenters. The minimum atomic E-state index is 0.334. The molecule has 4 rings (SSSR count). The van der Waals surface area contributed by atoms with Crippen LogP contribution in [0, 0.1) is 11.8 Å². The van der Waals surface area contributed by atoms with Crippen LogP contribution >= 0.6 is 0 Å². The van der Waals surface area contributed by atoms with Gasteiger partial charge in [-0.2, -0.15) is 0 Å². The van der Waals surface area contributed by atoms with Gasteiger partial charge < -0.3 is 4.90 Å². The van der Waals surface area contributed by atoms with Gasteiger partial charge >= 0.3 is 0 Å². The minimum Gasteiger partial charge on any atom is -0.368 e. The van der Waals surface area contributed by atoms with Crippen LogP contribution in [0.5, 0.6) is 0 Å². The minimum absolute atomic E-state index is 0.334. The number of fused-ring (bicyclic) bond motifs is 3. The molecular weight excluding hydrogens is 234 g/mol. The van der Waals surface area contributed by atoms with Gasteiger partial charge in [0.1, 0.15) is 0 Å². The Morgan fingerprint density at radius 3 is 2.79 bits per heavy atom. The quantitative estimate of drug-likeness (QED) is 0.763. The molecule has 0 radical (unpaired) electrons. The van der Waals surface area contributed by atoms with Gasteiger partial charge in [0.2, 0.25) is 0 Å². The first-order chi connectivity index (χ1) is 9.33. The average Bonchev–Trinajstić information content (AvgIpc) is 3.02. The van der Waals surface area contributed by atoms with Gasteiger partial charge in [0.25, 0.3) is 0 Å². The van der Waals surface area contributed by atoms with Crippen molar-refractivity contribution in [2.24, 2.45) is 11.8 Å². The highest BCUT2D eigenvalue weighted by Crippen LogP contribution is 2.48. The van der Waals surface area contributed by atoms with Gasteiger partial charge in [0.15, 0.2) is 5.78 Å². The summed E-state index contributed by atoms with van der Waals surface area (Å²) in [6.45, 7) is 1.07. The molecule has 3 aliphatic rings. The van der Waals surface area contributed by atoms with Gasteiger partial charge in [-0.3, -0.25) is 4.79 Å². The van der Waals surface area contributed by atoms with Gasteiger partial charge in [-0.1, -0.05) is 18.6 Å². The summed E-state index contributed by atoms with van der Waals surface area (Å²) in [4.78, 5) is 14.8. The predicted octanol–water partition coefficient (Wildman–Crippen LogP) is 3.66. The van der Waals surface area contributed by atoms with E-state index in [1.807, 2.05) is 12.1 Å². The van der Waals surface area contributed by atoms with Crippen molar-refractivity contribution in [3.05, 3.63) is 29.8 Å². The van der Waals surface area contributed by atoms with Crippen LogP contribution in [0.15, 0.2) is 24.3 Å². The number of anilines is 1. The van der Waals surface area contributed by atoms with Crippen LogP contribution in [0.1, 0.15) is 48.9 Å². The third kappa shape index (κ3) is 1.80. The van der Waals surface area contributed by atoms with Crippen molar-refractivity contribution in [1.29, 1.82) is 0 Å². The number of carbonyl (C=O) groups excluding carboxylic acids is 1. The zero-order valence-corrected chi connectivity index (χ0v) is 11.3. The largest absolute Gasteiger partial charge is 0.368 e. The molecule has 0 N–H and O–H groups in total. The normalized spacial score (nSPS) is 33.4.